The molecule has 0 spiro atoms. The summed E-state index contributed by atoms with van der Waals surface area (Å²) in [4.78, 5) is 14.1. The minimum Gasteiger partial charge on any atom is -0.338 e. The fourth-order valence-electron chi connectivity index (χ4n) is 2.95. The van der Waals surface area contributed by atoms with E-state index in [1.165, 1.54) is 0 Å². The first kappa shape index (κ1) is 16.9. The van der Waals surface area contributed by atoms with Crippen LogP contribution in [0.2, 0.25) is 5.02 Å². The Morgan fingerprint density at radius 2 is 2.29 bits per heavy atom. The van der Waals surface area contributed by atoms with Crippen molar-refractivity contribution in [2.24, 2.45) is 0 Å². The molecule has 128 valence electrons. The van der Waals surface area contributed by atoms with Crippen molar-refractivity contribution >= 4 is 23.4 Å². The summed E-state index contributed by atoms with van der Waals surface area (Å²) in [6.07, 6.45) is 0.326. The van der Waals surface area contributed by atoms with Crippen LogP contribution in [0.4, 0.5) is 10.3 Å². The van der Waals surface area contributed by atoms with Gasteiger partial charge in [0.1, 0.15) is 5.67 Å². The highest BCUT2D eigenvalue weighted by molar-refractivity contribution is 6.30. The molecule has 1 aliphatic rings. The predicted molar refractivity (Wildman–Crippen MR) is 89.8 cm³/mol. The smallest absolute Gasteiger partial charge is 0.243 e. The average Bonchev–Trinajstić information content (AvgIpc) is 3.13. The number of likely N-dealkylation sites (tertiary alicyclic amines) is 1. The molecule has 1 aromatic carbocycles. The zero-order chi connectivity index (χ0) is 17.3. The first-order chi connectivity index (χ1) is 11.4. The summed E-state index contributed by atoms with van der Waals surface area (Å²) in [5.41, 5.74) is -0.263. The standard InChI is InChI=1S/C17H19ClFN3O2/c1-11-8-15(24-21-11)20-16(23)12(2)22-7-6-17(19,10-22)13-4-3-5-14(18)9-13/h3-5,8-9,12H,6-7,10H2,1-2H3,(H,20,23). The summed E-state index contributed by atoms with van der Waals surface area (Å²) in [5, 5.41) is 6.89. The third-order valence-corrected chi connectivity index (χ3v) is 4.63. The number of aromatic nitrogens is 1. The van der Waals surface area contributed by atoms with Gasteiger partial charge in [-0.15, -0.1) is 0 Å². The highest BCUT2D eigenvalue weighted by Gasteiger charge is 2.42. The molecule has 0 bridgehead atoms. The summed E-state index contributed by atoms with van der Waals surface area (Å²) in [6, 6.07) is 8.00. The molecular formula is C17H19ClFN3O2. The van der Waals surface area contributed by atoms with Crippen LogP contribution < -0.4 is 5.32 Å². The highest BCUT2D eigenvalue weighted by atomic mass is 35.5. The van der Waals surface area contributed by atoms with Gasteiger partial charge in [0.15, 0.2) is 0 Å². The number of rotatable bonds is 4. The Hall–Kier alpha value is -1.92. The number of halogens is 2. The van der Waals surface area contributed by atoms with Crippen LogP contribution in [-0.2, 0) is 10.5 Å². The minimum absolute atomic E-state index is 0.150. The number of anilines is 1. The number of amides is 1. The normalized spacial score (nSPS) is 22.5. The van der Waals surface area contributed by atoms with Crippen molar-refractivity contribution in [1.29, 1.82) is 0 Å². The number of nitrogens with zero attached hydrogens (tertiary/aromatic N) is 2. The lowest BCUT2D eigenvalue weighted by molar-refractivity contribution is -0.120. The van der Waals surface area contributed by atoms with Gasteiger partial charge in [0, 0.05) is 24.2 Å². The Labute approximate surface area is 144 Å². The minimum atomic E-state index is -1.50. The predicted octanol–water partition coefficient (Wildman–Crippen LogP) is 3.53. The zero-order valence-electron chi connectivity index (χ0n) is 13.6. The van der Waals surface area contributed by atoms with Gasteiger partial charge in [-0.05, 0) is 38.0 Å². The highest BCUT2D eigenvalue weighted by Crippen LogP contribution is 2.37. The van der Waals surface area contributed by atoms with Crippen LogP contribution >= 0.6 is 11.6 Å². The van der Waals surface area contributed by atoms with Gasteiger partial charge in [0.05, 0.1) is 11.7 Å². The van der Waals surface area contributed by atoms with Gasteiger partial charge in [0.2, 0.25) is 11.8 Å². The van der Waals surface area contributed by atoms with E-state index < -0.39 is 11.7 Å². The molecule has 2 atom stereocenters. The molecule has 2 unspecified atom stereocenters. The van der Waals surface area contributed by atoms with Gasteiger partial charge in [-0.2, -0.15) is 0 Å². The number of aryl methyl sites for hydroxylation is 1. The zero-order valence-corrected chi connectivity index (χ0v) is 14.3. The molecule has 1 amide bonds. The van der Waals surface area contributed by atoms with Crippen molar-refractivity contribution in [3.63, 3.8) is 0 Å². The van der Waals surface area contributed by atoms with Gasteiger partial charge < -0.3 is 4.52 Å². The molecular weight excluding hydrogens is 333 g/mol. The maximum atomic E-state index is 15.3. The van der Waals surface area contributed by atoms with E-state index in [9.17, 15) is 4.79 Å². The lowest BCUT2D eigenvalue weighted by atomic mass is 9.95. The van der Waals surface area contributed by atoms with E-state index in [4.69, 9.17) is 16.1 Å². The van der Waals surface area contributed by atoms with Crippen molar-refractivity contribution in [3.8, 4) is 0 Å². The van der Waals surface area contributed by atoms with Gasteiger partial charge in [-0.3, -0.25) is 15.0 Å². The summed E-state index contributed by atoms with van der Waals surface area (Å²) in [7, 11) is 0. The first-order valence-electron chi connectivity index (χ1n) is 7.80. The number of benzene rings is 1. The lowest BCUT2D eigenvalue weighted by Gasteiger charge is -2.25. The van der Waals surface area contributed by atoms with Crippen LogP contribution in [0.1, 0.15) is 24.6 Å². The van der Waals surface area contributed by atoms with Crippen molar-refractivity contribution in [2.45, 2.75) is 32.0 Å². The number of hydrogen-bond donors (Lipinski definition) is 1. The van der Waals surface area contributed by atoms with E-state index in [2.05, 4.69) is 10.5 Å². The molecule has 0 radical (unpaired) electrons. The Bertz CT molecular complexity index is 751. The molecule has 2 aromatic rings. The van der Waals surface area contributed by atoms with Gasteiger partial charge in [-0.25, -0.2) is 4.39 Å². The molecule has 7 heteroatoms. The first-order valence-corrected chi connectivity index (χ1v) is 8.18. The molecule has 1 N–H and O–H groups in total. The number of hydrogen-bond acceptors (Lipinski definition) is 4. The van der Waals surface area contributed by atoms with Gasteiger partial charge >= 0.3 is 0 Å². The van der Waals surface area contributed by atoms with Crippen LogP contribution in [0, 0.1) is 6.92 Å². The quantitative estimate of drug-likeness (QED) is 0.915. The lowest BCUT2D eigenvalue weighted by Crippen LogP contribution is -2.41. The fraction of sp³-hybridized carbons (Fsp3) is 0.412. The van der Waals surface area contributed by atoms with Crippen LogP contribution in [0.25, 0.3) is 0 Å². The van der Waals surface area contributed by atoms with E-state index in [0.717, 1.165) is 0 Å². The number of carbonyl (C=O) groups is 1. The SMILES string of the molecule is Cc1cc(NC(=O)C(C)N2CCC(F)(c3cccc(Cl)c3)C2)on1. The number of alkyl halides is 1. The second-order valence-corrected chi connectivity index (χ2v) is 6.63. The van der Waals surface area contributed by atoms with Crippen molar-refractivity contribution in [2.75, 3.05) is 18.4 Å². The van der Waals surface area contributed by atoms with Crippen LogP contribution in [0.3, 0.4) is 0 Å². The summed E-state index contributed by atoms with van der Waals surface area (Å²) in [6.45, 7) is 4.16. The Balaban J connectivity index is 1.67. The van der Waals surface area contributed by atoms with Crippen LogP contribution in [-0.4, -0.2) is 35.1 Å². The second kappa shape index (κ2) is 6.53. The third kappa shape index (κ3) is 3.44. The number of carbonyl (C=O) groups excluding carboxylic acids is 1. The average molecular weight is 352 g/mol. The molecule has 1 fully saturated rings. The molecule has 0 saturated carbocycles. The van der Waals surface area contributed by atoms with Gasteiger partial charge in [-0.1, -0.05) is 28.9 Å². The van der Waals surface area contributed by atoms with E-state index in [1.807, 2.05) is 4.90 Å². The van der Waals surface area contributed by atoms with Crippen molar-refractivity contribution in [1.82, 2.24) is 10.1 Å². The largest absolute Gasteiger partial charge is 0.338 e. The molecule has 1 aliphatic heterocycles. The van der Waals surface area contributed by atoms with Gasteiger partial charge in [0.25, 0.3) is 0 Å². The van der Waals surface area contributed by atoms with Crippen molar-refractivity contribution < 1.29 is 13.7 Å². The maximum Gasteiger partial charge on any atom is 0.243 e. The fourth-order valence-corrected chi connectivity index (χ4v) is 3.14. The molecule has 2 heterocycles. The van der Waals surface area contributed by atoms with Crippen LogP contribution in [0.5, 0.6) is 0 Å². The number of nitrogens with one attached hydrogen (secondary N) is 1. The van der Waals surface area contributed by atoms with Crippen molar-refractivity contribution in [3.05, 3.63) is 46.6 Å². The molecule has 5 nitrogen and oxygen atoms in total. The maximum absolute atomic E-state index is 15.3. The third-order valence-electron chi connectivity index (χ3n) is 4.39. The van der Waals surface area contributed by atoms with E-state index in [1.54, 1.807) is 44.2 Å². The summed E-state index contributed by atoms with van der Waals surface area (Å²) >= 11 is 5.97. The topological polar surface area (TPSA) is 58.4 Å². The molecule has 0 aliphatic carbocycles. The molecule has 1 saturated heterocycles. The summed E-state index contributed by atoms with van der Waals surface area (Å²) < 4.78 is 20.3. The molecule has 24 heavy (non-hydrogen) atoms. The second-order valence-electron chi connectivity index (χ2n) is 6.19. The summed E-state index contributed by atoms with van der Waals surface area (Å²) in [5.74, 6) is 0.0476. The Morgan fingerprint density at radius 3 is 2.96 bits per heavy atom. The van der Waals surface area contributed by atoms with E-state index in [-0.39, 0.29) is 12.5 Å². The van der Waals surface area contributed by atoms with E-state index >= 15 is 4.39 Å². The molecule has 1 aromatic heterocycles. The Morgan fingerprint density at radius 1 is 1.50 bits per heavy atom. The van der Waals surface area contributed by atoms with Crippen LogP contribution in [0.15, 0.2) is 34.9 Å². The molecule has 3 rings (SSSR count). The monoisotopic (exact) mass is 351 g/mol. The van der Waals surface area contributed by atoms with E-state index in [0.29, 0.717) is 35.1 Å². The Kier molecular flexibility index (Phi) is 4.60.